The van der Waals surface area contributed by atoms with Gasteiger partial charge in [0.05, 0.1) is 12.2 Å². The molecule has 0 aliphatic carbocycles. The Kier molecular flexibility index (Phi) is 3.78. The van der Waals surface area contributed by atoms with Gasteiger partial charge in [-0.05, 0) is 40.5 Å². The monoisotopic (exact) mass is 239 g/mol. The molecule has 0 aromatic heterocycles. The summed E-state index contributed by atoms with van der Waals surface area (Å²) in [5, 5.41) is 8.73. The highest BCUT2D eigenvalue weighted by Gasteiger charge is 2.00. The molecule has 0 fully saturated rings. The Bertz CT molecular complexity index is 330. The molecule has 1 aromatic rings. The van der Waals surface area contributed by atoms with Crippen LogP contribution in [-0.2, 0) is 0 Å². The predicted molar refractivity (Wildman–Crippen MR) is 54.6 cm³/mol. The van der Waals surface area contributed by atoms with Crippen molar-refractivity contribution in [2.75, 3.05) is 6.61 Å². The van der Waals surface area contributed by atoms with E-state index in [1.165, 1.54) is 0 Å². The maximum atomic E-state index is 8.73. The topological polar surface area (TPSA) is 33.0 Å². The molecule has 0 unspecified atom stereocenters. The number of hydrogen-bond donors (Lipinski definition) is 0. The van der Waals surface area contributed by atoms with Gasteiger partial charge in [0.1, 0.15) is 11.8 Å². The molecule has 1 rings (SSSR count). The number of hydrogen-bond acceptors (Lipinski definition) is 2. The zero-order valence-electron chi connectivity index (χ0n) is 7.38. The highest BCUT2D eigenvalue weighted by molar-refractivity contribution is 9.10. The molecule has 0 aliphatic heterocycles. The van der Waals surface area contributed by atoms with Crippen LogP contribution >= 0.6 is 15.9 Å². The minimum Gasteiger partial charge on any atom is -0.494 e. The zero-order chi connectivity index (χ0) is 9.68. The molecule has 3 heteroatoms. The molecule has 0 aliphatic rings. The molecule has 0 N–H and O–H groups in total. The lowest BCUT2D eigenvalue weighted by Gasteiger charge is -2.04. The fourth-order valence-corrected chi connectivity index (χ4v) is 1.24. The van der Waals surface area contributed by atoms with Crippen molar-refractivity contribution < 1.29 is 4.74 Å². The Morgan fingerprint density at radius 1 is 1.54 bits per heavy atom. The molecule has 0 bridgehead atoms. The molecule has 68 valence electrons. The van der Waals surface area contributed by atoms with E-state index in [2.05, 4.69) is 22.0 Å². The van der Waals surface area contributed by atoms with E-state index in [1.807, 2.05) is 19.1 Å². The summed E-state index contributed by atoms with van der Waals surface area (Å²) in [7, 11) is 0. The van der Waals surface area contributed by atoms with Crippen LogP contribution in [0.2, 0.25) is 0 Å². The Balaban J connectivity index is 2.82. The van der Waals surface area contributed by atoms with Crippen molar-refractivity contribution in [3.8, 4) is 11.8 Å². The van der Waals surface area contributed by atoms with Gasteiger partial charge in [-0.3, -0.25) is 0 Å². The number of nitrogens with zero attached hydrogens (tertiary/aromatic N) is 1. The molecular weight excluding hydrogens is 230 g/mol. The average Bonchev–Trinajstić information content (AvgIpc) is 2.16. The normalized spacial score (nSPS) is 9.31. The van der Waals surface area contributed by atoms with Crippen LogP contribution in [0.4, 0.5) is 0 Å². The van der Waals surface area contributed by atoms with Gasteiger partial charge in [-0.2, -0.15) is 5.26 Å². The van der Waals surface area contributed by atoms with E-state index in [0.717, 1.165) is 16.6 Å². The Hall–Kier alpha value is -1.01. The third kappa shape index (κ3) is 2.74. The third-order valence-electron chi connectivity index (χ3n) is 1.53. The van der Waals surface area contributed by atoms with E-state index in [9.17, 15) is 0 Å². The summed E-state index contributed by atoms with van der Waals surface area (Å²) in [6, 6.07) is 7.49. The molecule has 1 aromatic carbocycles. The second-order valence-electron chi connectivity index (χ2n) is 2.60. The van der Waals surface area contributed by atoms with Gasteiger partial charge in [0.25, 0.3) is 0 Å². The first kappa shape index (κ1) is 10.1. The fourth-order valence-electron chi connectivity index (χ4n) is 0.900. The van der Waals surface area contributed by atoms with E-state index in [1.54, 1.807) is 6.07 Å². The molecule has 0 heterocycles. The number of halogens is 1. The lowest BCUT2D eigenvalue weighted by atomic mass is 10.2. The second kappa shape index (κ2) is 4.88. The van der Waals surface area contributed by atoms with E-state index in [4.69, 9.17) is 10.00 Å². The third-order valence-corrected chi connectivity index (χ3v) is 2.22. The van der Waals surface area contributed by atoms with Gasteiger partial charge in [0.15, 0.2) is 0 Å². The molecule has 13 heavy (non-hydrogen) atoms. The number of ether oxygens (including phenoxy) is 1. The van der Waals surface area contributed by atoms with Gasteiger partial charge in [0.2, 0.25) is 0 Å². The van der Waals surface area contributed by atoms with Crippen molar-refractivity contribution in [3.63, 3.8) is 0 Å². The number of nitriles is 1. The molecule has 0 radical (unpaired) electrons. The van der Waals surface area contributed by atoms with Crippen molar-refractivity contribution in [3.05, 3.63) is 28.2 Å². The summed E-state index contributed by atoms with van der Waals surface area (Å²) < 4.78 is 6.19. The summed E-state index contributed by atoms with van der Waals surface area (Å²) in [5.41, 5.74) is 0.605. The smallest absolute Gasteiger partial charge is 0.120 e. The molecule has 0 spiro atoms. The van der Waals surface area contributed by atoms with Gasteiger partial charge in [-0.1, -0.05) is 6.92 Å². The largest absolute Gasteiger partial charge is 0.494 e. The van der Waals surface area contributed by atoms with Crippen LogP contribution in [0, 0.1) is 11.3 Å². The molecule has 0 saturated heterocycles. The quantitative estimate of drug-likeness (QED) is 0.813. The van der Waals surface area contributed by atoms with Gasteiger partial charge < -0.3 is 4.74 Å². The number of rotatable bonds is 3. The first-order valence-corrected chi connectivity index (χ1v) is 4.89. The van der Waals surface area contributed by atoms with Crippen molar-refractivity contribution in [1.29, 1.82) is 5.26 Å². The first-order valence-electron chi connectivity index (χ1n) is 4.10. The maximum Gasteiger partial charge on any atom is 0.120 e. The Labute approximate surface area is 86.3 Å². The maximum absolute atomic E-state index is 8.73. The van der Waals surface area contributed by atoms with Crippen molar-refractivity contribution in [1.82, 2.24) is 0 Å². The van der Waals surface area contributed by atoms with Gasteiger partial charge in [-0.15, -0.1) is 0 Å². The van der Waals surface area contributed by atoms with Gasteiger partial charge in [0, 0.05) is 4.47 Å². The van der Waals surface area contributed by atoms with Gasteiger partial charge in [-0.25, -0.2) is 0 Å². The summed E-state index contributed by atoms with van der Waals surface area (Å²) in [6.45, 7) is 2.73. The molecule has 0 atom stereocenters. The van der Waals surface area contributed by atoms with Crippen molar-refractivity contribution in [2.45, 2.75) is 13.3 Å². The highest BCUT2D eigenvalue weighted by atomic mass is 79.9. The SMILES string of the molecule is CCCOc1ccc(Br)c(C#N)c1. The second-order valence-corrected chi connectivity index (χ2v) is 3.46. The van der Waals surface area contributed by atoms with Crippen LogP contribution in [0.15, 0.2) is 22.7 Å². The summed E-state index contributed by atoms with van der Waals surface area (Å²) in [4.78, 5) is 0. The standard InChI is InChI=1S/C10H10BrNO/c1-2-5-13-9-3-4-10(11)8(6-9)7-12/h3-4,6H,2,5H2,1H3. The number of benzene rings is 1. The molecule has 2 nitrogen and oxygen atoms in total. The highest BCUT2D eigenvalue weighted by Crippen LogP contribution is 2.21. The summed E-state index contributed by atoms with van der Waals surface area (Å²) in [5.74, 6) is 0.751. The summed E-state index contributed by atoms with van der Waals surface area (Å²) >= 11 is 3.28. The van der Waals surface area contributed by atoms with Crippen LogP contribution in [0.3, 0.4) is 0 Å². The molecular formula is C10H10BrNO. The minimum absolute atomic E-state index is 0.605. The molecule has 0 amide bonds. The van der Waals surface area contributed by atoms with Crippen molar-refractivity contribution >= 4 is 15.9 Å². The van der Waals surface area contributed by atoms with Crippen LogP contribution in [0.1, 0.15) is 18.9 Å². The lowest BCUT2D eigenvalue weighted by molar-refractivity contribution is 0.317. The average molecular weight is 240 g/mol. The van der Waals surface area contributed by atoms with Crippen LogP contribution in [0.25, 0.3) is 0 Å². The van der Waals surface area contributed by atoms with Crippen LogP contribution in [0.5, 0.6) is 5.75 Å². The van der Waals surface area contributed by atoms with E-state index >= 15 is 0 Å². The Morgan fingerprint density at radius 3 is 2.92 bits per heavy atom. The lowest BCUT2D eigenvalue weighted by Crippen LogP contribution is -1.95. The fraction of sp³-hybridized carbons (Fsp3) is 0.300. The van der Waals surface area contributed by atoms with Gasteiger partial charge >= 0.3 is 0 Å². The van der Waals surface area contributed by atoms with Crippen LogP contribution in [-0.4, -0.2) is 6.61 Å². The summed E-state index contributed by atoms with van der Waals surface area (Å²) in [6.07, 6.45) is 0.970. The Morgan fingerprint density at radius 2 is 2.31 bits per heavy atom. The van der Waals surface area contributed by atoms with E-state index < -0.39 is 0 Å². The zero-order valence-corrected chi connectivity index (χ0v) is 8.97. The van der Waals surface area contributed by atoms with Crippen LogP contribution < -0.4 is 4.74 Å². The molecule has 0 saturated carbocycles. The van der Waals surface area contributed by atoms with Crippen molar-refractivity contribution in [2.24, 2.45) is 0 Å². The van der Waals surface area contributed by atoms with E-state index in [-0.39, 0.29) is 0 Å². The first-order chi connectivity index (χ1) is 6.27. The minimum atomic E-state index is 0.605. The predicted octanol–water partition coefficient (Wildman–Crippen LogP) is 3.11. The van der Waals surface area contributed by atoms with E-state index in [0.29, 0.717) is 12.2 Å².